The van der Waals surface area contributed by atoms with Gasteiger partial charge in [0.1, 0.15) is 4.70 Å². The van der Waals surface area contributed by atoms with Crippen LogP contribution in [-0.4, -0.2) is 42.6 Å². The van der Waals surface area contributed by atoms with Crippen molar-refractivity contribution in [1.29, 1.82) is 0 Å². The molecule has 4 heterocycles. The summed E-state index contributed by atoms with van der Waals surface area (Å²) < 4.78 is 4.18. The lowest BCUT2D eigenvalue weighted by Crippen LogP contribution is -2.41. The molecule has 4 rings (SSSR count). The second-order valence-electron chi connectivity index (χ2n) is 6.54. The number of nitrogens with zero attached hydrogens (tertiary/aromatic N) is 5. The van der Waals surface area contributed by atoms with E-state index in [2.05, 4.69) is 15.1 Å². The third-order valence-electron chi connectivity index (χ3n) is 4.93. The van der Waals surface area contributed by atoms with Gasteiger partial charge in [0.05, 0.1) is 12.1 Å². The fraction of sp³-hybridized carbons (Fsp3) is 0.500. The predicted molar refractivity (Wildman–Crippen MR) is 95.5 cm³/mol. The smallest absolute Gasteiger partial charge is 0.272 e. The minimum Gasteiger partial charge on any atom is -0.370 e. The molecule has 1 aliphatic rings. The van der Waals surface area contributed by atoms with Gasteiger partial charge in [-0.15, -0.1) is 21.5 Å². The molecule has 0 bridgehead atoms. The van der Waals surface area contributed by atoms with Gasteiger partial charge in [-0.25, -0.2) is 0 Å². The molecule has 1 atom stereocenters. The van der Waals surface area contributed by atoms with Crippen LogP contribution in [0.15, 0.2) is 16.2 Å². The van der Waals surface area contributed by atoms with Crippen LogP contribution in [0.25, 0.3) is 16.0 Å². The van der Waals surface area contributed by atoms with Crippen LogP contribution >= 0.6 is 11.3 Å². The number of piperidine rings is 1. The zero-order valence-corrected chi connectivity index (χ0v) is 14.8. The minimum absolute atomic E-state index is 0.0546. The van der Waals surface area contributed by atoms with Gasteiger partial charge in [-0.3, -0.25) is 23.5 Å². The van der Waals surface area contributed by atoms with Gasteiger partial charge >= 0.3 is 0 Å². The molecule has 0 spiro atoms. The van der Waals surface area contributed by atoms with Crippen LogP contribution in [0.5, 0.6) is 0 Å². The van der Waals surface area contributed by atoms with E-state index in [0.29, 0.717) is 23.4 Å². The number of hydrogen-bond acceptors (Lipinski definition) is 6. The molecule has 0 saturated carbocycles. The highest BCUT2D eigenvalue weighted by Crippen LogP contribution is 2.24. The topological polar surface area (TPSA) is 98.5 Å². The number of thiophene rings is 1. The van der Waals surface area contributed by atoms with Gasteiger partial charge in [0.15, 0.2) is 5.82 Å². The summed E-state index contributed by atoms with van der Waals surface area (Å²) in [6.07, 6.45) is 3.53. The summed E-state index contributed by atoms with van der Waals surface area (Å²) in [5.74, 6) is 1.05. The first-order valence-electron chi connectivity index (χ1n) is 8.39. The van der Waals surface area contributed by atoms with Gasteiger partial charge in [-0.05, 0) is 30.8 Å². The van der Waals surface area contributed by atoms with Crippen molar-refractivity contribution in [2.24, 2.45) is 12.8 Å². The average Bonchev–Trinajstić information content (AvgIpc) is 3.21. The normalized spacial score (nSPS) is 19.0. The molecule has 1 aliphatic heterocycles. The Morgan fingerprint density at radius 2 is 2.24 bits per heavy atom. The van der Waals surface area contributed by atoms with Crippen LogP contribution in [0, 0.1) is 0 Å². The fourth-order valence-corrected chi connectivity index (χ4v) is 4.52. The number of amides is 1. The number of rotatable bonds is 4. The molecule has 1 fully saturated rings. The predicted octanol–water partition coefficient (Wildman–Crippen LogP) is 0.873. The molecule has 25 heavy (non-hydrogen) atoms. The lowest BCUT2D eigenvalue weighted by atomic mass is 9.99. The molecule has 1 amide bonds. The van der Waals surface area contributed by atoms with Crippen LogP contribution in [0.4, 0.5) is 0 Å². The van der Waals surface area contributed by atoms with Crippen LogP contribution in [-0.2, 0) is 18.4 Å². The number of aryl methyl sites for hydroxylation is 1. The quantitative estimate of drug-likeness (QED) is 0.744. The first-order chi connectivity index (χ1) is 12.1. The number of aromatic nitrogens is 4. The minimum atomic E-state index is -0.273. The number of primary amides is 1. The highest BCUT2D eigenvalue weighted by atomic mass is 32.1. The van der Waals surface area contributed by atoms with Crippen molar-refractivity contribution in [1.82, 2.24) is 24.1 Å². The van der Waals surface area contributed by atoms with Crippen molar-refractivity contribution in [2.45, 2.75) is 38.3 Å². The lowest BCUT2D eigenvalue weighted by molar-refractivity contribution is -0.119. The molecule has 2 N–H and O–H groups in total. The van der Waals surface area contributed by atoms with E-state index in [0.717, 1.165) is 37.1 Å². The Morgan fingerprint density at radius 1 is 1.40 bits per heavy atom. The molecule has 1 unspecified atom stereocenters. The molecular weight excluding hydrogens is 340 g/mol. The molecule has 0 aromatic carbocycles. The van der Waals surface area contributed by atoms with Crippen LogP contribution in [0.2, 0.25) is 0 Å². The first kappa shape index (κ1) is 16.2. The van der Waals surface area contributed by atoms with Crippen molar-refractivity contribution < 1.29 is 4.79 Å². The second-order valence-corrected chi connectivity index (χ2v) is 7.46. The Kier molecular flexibility index (Phi) is 4.04. The molecule has 9 heteroatoms. The number of likely N-dealkylation sites (tertiary alicyclic amines) is 1. The van der Waals surface area contributed by atoms with Crippen molar-refractivity contribution >= 4 is 33.2 Å². The maximum absolute atomic E-state index is 12.4. The Hall–Kier alpha value is -2.26. The number of carbonyl (C=O) groups is 1. The summed E-state index contributed by atoms with van der Waals surface area (Å²) in [7, 11) is 1.71. The third-order valence-corrected chi connectivity index (χ3v) is 5.82. The average molecular weight is 360 g/mol. The SMILES string of the molecule is Cn1c(=O)c2sccc2n2c(CN3CCCCC3CC(N)=O)nnc12. The van der Waals surface area contributed by atoms with Crippen LogP contribution in [0.3, 0.4) is 0 Å². The summed E-state index contributed by atoms with van der Waals surface area (Å²) in [6, 6.07) is 2.07. The maximum atomic E-state index is 12.4. The molecule has 0 aliphatic carbocycles. The first-order valence-corrected chi connectivity index (χ1v) is 9.27. The van der Waals surface area contributed by atoms with E-state index in [-0.39, 0.29) is 17.5 Å². The highest BCUT2D eigenvalue weighted by molar-refractivity contribution is 7.17. The Labute approximate surface area is 147 Å². The van der Waals surface area contributed by atoms with Crippen molar-refractivity contribution in [2.75, 3.05) is 6.54 Å². The third kappa shape index (κ3) is 2.73. The molecule has 3 aromatic rings. The van der Waals surface area contributed by atoms with Crippen molar-refractivity contribution in [3.8, 4) is 0 Å². The summed E-state index contributed by atoms with van der Waals surface area (Å²) in [5, 5.41) is 10.5. The number of carbonyl (C=O) groups excluding carboxylic acids is 1. The van der Waals surface area contributed by atoms with Crippen molar-refractivity contribution in [3.05, 3.63) is 27.6 Å². The van der Waals surface area contributed by atoms with Gasteiger partial charge in [0, 0.05) is 19.5 Å². The van der Waals surface area contributed by atoms with Crippen molar-refractivity contribution in [3.63, 3.8) is 0 Å². The number of fused-ring (bicyclic) bond motifs is 3. The van der Waals surface area contributed by atoms with E-state index in [4.69, 9.17) is 5.73 Å². The van der Waals surface area contributed by atoms with E-state index < -0.39 is 0 Å². The van der Waals surface area contributed by atoms with E-state index in [9.17, 15) is 9.59 Å². The largest absolute Gasteiger partial charge is 0.370 e. The molecule has 132 valence electrons. The summed E-state index contributed by atoms with van der Waals surface area (Å²) in [5.41, 5.74) is 6.20. The lowest BCUT2D eigenvalue weighted by Gasteiger charge is -2.34. The van der Waals surface area contributed by atoms with Gasteiger partial charge in [0.2, 0.25) is 11.7 Å². The monoisotopic (exact) mass is 360 g/mol. The van der Waals surface area contributed by atoms with Gasteiger partial charge in [0.25, 0.3) is 5.56 Å². The van der Waals surface area contributed by atoms with Crippen LogP contribution in [0.1, 0.15) is 31.5 Å². The zero-order chi connectivity index (χ0) is 17.6. The Balaban J connectivity index is 1.77. The highest BCUT2D eigenvalue weighted by Gasteiger charge is 2.26. The molecule has 8 nitrogen and oxygen atoms in total. The number of nitrogens with two attached hydrogens (primary N) is 1. The second kappa shape index (κ2) is 6.23. The molecular formula is C16H20N6O2S. The molecule has 0 radical (unpaired) electrons. The molecule has 3 aromatic heterocycles. The van der Waals surface area contributed by atoms with E-state index >= 15 is 0 Å². The number of hydrogen-bond donors (Lipinski definition) is 1. The maximum Gasteiger partial charge on any atom is 0.272 e. The standard InChI is InChI=1S/C16H20N6O2S/c1-20-15(24)14-11(5-7-25-14)22-13(18-19-16(20)22)9-21-6-3-2-4-10(21)8-12(17)23/h5,7,10H,2-4,6,8-9H2,1H3,(H2,17,23). The Bertz CT molecular complexity index is 1000. The Morgan fingerprint density at radius 3 is 3.04 bits per heavy atom. The van der Waals surface area contributed by atoms with Gasteiger partial charge in [-0.2, -0.15) is 0 Å². The van der Waals surface area contributed by atoms with Gasteiger partial charge in [-0.1, -0.05) is 6.42 Å². The van der Waals surface area contributed by atoms with E-state index in [1.165, 1.54) is 15.9 Å². The van der Waals surface area contributed by atoms with E-state index in [1.54, 1.807) is 7.05 Å². The molecule has 1 saturated heterocycles. The summed E-state index contributed by atoms with van der Waals surface area (Å²) in [4.78, 5) is 26.0. The summed E-state index contributed by atoms with van der Waals surface area (Å²) >= 11 is 1.43. The fourth-order valence-electron chi connectivity index (χ4n) is 3.67. The van der Waals surface area contributed by atoms with Crippen LogP contribution < -0.4 is 11.3 Å². The van der Waals surface area contributed by atoms with Gasteiger partial charge < -0.3 is 5.73 Å². The summed E-state index contributed by atoms with van der Waals surface area (Å²) in [6.45, 7) is 1.49. The zero-order valence-electron chi connectivity index (χ0n) is 14.0. The van der Waals surface area contributed by atoms with E-state index in [1.807, 2.05) is 15.8 Å².